The van der Waals surface area contributed by atoms with Gasteiger partial charge in [-0.1, -0.05) is 6.08 Å². The second-order valence-electron chi connectivity index (χ2n) is 3.78. The highest BCUT2D eigenvalue weighted by Crippen LogP contribution is 2.54. The van der Waals surface area contributed by atoms with E-state index in [-0.39, 0.29) is 12.0 Å². The first-order valence-corrected chi connectivity index (χ1v) is 4.52. The van der Waals surface area contributed by atoms with Gasteiger partial charge in [0.05, 0.1) is 6.10 Å². The third-order valence-electron chi connectivity index (χ3n) is 2.39. The van der Waals surface area contributed by atoms with Gasteiger partial charge in [-0.25, -0.2) is 0 Å². The summed E-state index contributed by atoms with van der Waals surface area (Å²) in [5.74, 6) is -2.05. The zero-order valence-electron chi connectivity index (χ0n) is 8.32. The van der Waals surface area contributed by atoms with Crippen LogP contribution in [-0.2, 0) is 14.3 Å². The summed E-state index contributed by atoms with van der Waals surface area (Å²) in [6, 6.07) is 0. The van der Waals surface area contributed by atoms with Crippen LogP contribution >= 0.6 is 0 Å². The van der Waals surface area contributed by atoms with E-state index in [2.05, 4.69) is 6.58 Å². The molecule has 0 aromatic heterocycles. The Bertz CT molecular complexity index is 282. The Morgan fingerprint density at radius 1 is 1.64 bits per heavy atom. The molecule has 1 aliphatic rings. The van der Waals surface area contributed by atoms with Crippen LogP contribution in [0.25, 0.3) is 0 Å². The highest BCUT2D eigenvalue weighted by atomic mass is 16.5. The Kier molecular flexibility index (Phi) is 2.64. The van der Waals surface area contributed by atoms with Crippen molar-refractivity contribution in [2.75, 3.05) is 0 Å². The minimum atomic E-state index is -1.36. The van der Waals surface area contributed by atoms with Gasteiger partial charge in [-0.05, 0) is 20.3 Å². The van der Waals surface area contributed by atoms with E-state index < -0.39 is 17.4 Å². The van der Waals surface area contributed by atoms with Gasteiger partial charge >= 0.3 is 11.9 Å². The lowest BCUT2D eigenvalue weighted by Crippen LogP contribution is -2.31. The molecular weight excluding hydrogens is 184 g/mol. The number of carbonyl (C=O) groups is 2. The Labute approximate surface area is 82.6 Å². The summed E-state index contributed by atoms with van der Waals surface area (Å²) in [5, 5.41) is 8.94. The maximum Gasteiger partial charge on any atom is 0.324 e. The van der Waals surface area contributed by atoms with E-state index in [0.29, 0.717) is 6.42 Å². The Hall–Kier alpha value is -1.32. The maximum absolute atomic E-state index is 11.5. The van der Waals surface area contributed by atoms with Crippen LogP contribution in [-0.4, -0.2) is 23.1 Å². The summed E-state index contributed by atoms with van der Waals surface area (Å²) in [6.45, 7) is 6.88. The van der Waals surface area contributed by atoms with E-state index in [4.69, 9.17) is 9.84 Å². The number of hydrogen-bond donors (Lipinski definition) is 1. The normalized spacial score (nSPS) is 29.8. The molecule has 0 aromatic rings. The number of aliphatic carboxylic acids is 1. The highest BCUT2D eigenvalue weighted by Gasteiger charge is 2.66. The Morgan fingerprint density at radius 2 is 2.21 bits per heavy atom. The third kappa shape index (κ3) is 1.52. The van der Waals surface area contributed by atoms with Crippen molar-refractivity contribution in [3.8, 4) is 0 Å². The summed E-state index contributed by atoms with van der Waals surface area (Å²) < 4.78 is 4.90. The summed E-state index contributed by atoms with van der Waals surface area (Å²) >= 11 is 0. The summed E-state index contributed by atoms with van der Waals surface area (Å²) in [6.07, 6.45) is 1.51. The Morgan fingerprint density at radius 3 is 2.50 bits per heavy atom. The van der Waals surface area contributed by atoms with Gasteiger partial charge in [-0.15, -0.1) is 6.58 Å². The van der Waals surface area contributed by atoms with Crippen molar-refractivity contribution in [2.45, 2.75) is 26.4 Å². The molecule has 0 bridgehead atoms. The van der Waals surface area contributed by atoms with Crippen LogP contribution in [0.3, 0.4) is 0 Å². The van der Waals surface area contributed by atoms with Crippen LogP contribution in [0.1, 0.15) is 20.3 Å². The molecule has 0 radical (unpaired) electrons. The largest absolute Gasteiger partial charge is 0.480 e. The minimum absolute atomic E-state index is 0.286. The van der Waals surface area contributed by atoms with Crippen LogP contribution in [0.4, 0.5) is 0 Å². The molecule has 1 fully saturated rings. The number of carbonyl (C=O) groups excluding carboxylic acids is 1. The molecule has 0 spiro atoms. The monoisotopic (exact) mass is 198 g/mol. The molecule has 1 rings (SSSR count). The molecule has 1 N–H and O–H groups in total. The van der Waals surface area contributed by atoms with Crippen molar-refractivity contribution in [1.29, 1.82) is 0 Å². The second-order valence-corrected chi connectivity index (χ2v) is 3.78. The van der Waals surface area contributed by atoms with Crippen molar-refractivity contribution < 1.29 is 19.4 Å². The molecule has 1 aliphatic carbocycles. The summed E-state index contributed by atoms with van der Waals surface area (Å²) in [5.41, 5.74) is -1.36. The molecule has 0 aromatic carbocycles. The van der Waals surface area contributed by atoms with Crippen LogP contribution in [0, 0.1) is 11.3 Å². The van der Waals surface area contributed by atoms with Crippen molar-refractivity contribution in [2.24, 2.45) is 11.3 Å². The van der Waals surface area contributed by atoms with Crippen molar-refractivity contribution in [3.05, 3.63) is 12.7 Å². The zero-order valence-corrected chi connectivity index (χ0v) is 8.32. The SMILES string of the molecule is C=C[C@@H]1C[C@]1(C(=O)O)C(=O)OC(C)C. The van der Waals surface area contributed by atoms with Gasteiger partial charge in [0.25, 0.3) is 0 Å². The van der Waals surface area contributed by atoms with Gasteiger partial charge in [-0.2, -0.15) is 0 Å². The predicted molar refractivity (Wildman–Crippen MR) is 49.6 cm³/mol. The first-order valence-electron chi connectivity index (χ1n) is 4.52. The number of allylic oxidation sites excluding steroid dienone is 1. The van der Waals surface area contributed by atoms with Gasteiger partial charge in [0.1, 0.15) is 0 Å². The lowest BCUT2D eigenvalue weighted by Gasteiger charge is -2.13. The average Bonchev–Trinajstić information content (AvgIpc) is 2.77. The van der Waals surface area contributed by atoms with E-state index >= 15 is 0 Å². The molecule has 14 heavy (non-hydrogen) atoms. The second kappa shape index (κ2) is 3.44. The fraction of sp³-hybridized carbons (Fsp3) is 0.600. The molecule has 0 saturated heterocycles. The molecule has 2 atom stereocenters. The van der Waals surface area contributed by atoms with E-state index in [1.165, 1.54) is 6.08 Å². The number of rotatable bonds is 4. The molecule has 1 saturated carbocycles. The van der Waals surface area contributed by atoms with Gasteiger partial charge in [0, 0.05) is 5.92 Å². The summed E-state index contributed by atoms with van der Waals surface area (Å²) in [7, 11) is 0. The van der Waals surface area contributed by atoms with E-state index in [1.807, 2.05) is 0 Å². The van der Waals surface area contributed by atoms with E-state index in [9.17, 15) is 9.59 Å². The van der Waals surface area contributed by atoms with Gasteiger partial charge in [0.2, 0.25) is 0 Å². The molecule has 78 valence electrons. The first kappa shape index (κ1) is 10.8. The fourth-order valence-corrected chi connectivity index (χ4v) is 1.46. The van der Waals surface area contributed by atoms with Gasteiger partial charge in [0.15, 0.2) is 5.41 Å². The number of hydrogen-bond acceptors (Lipinski definition) is 3. The van der Waals surface area contributed by atoms with Crippen LogP contribution in [0.15, 0.2) is 12.7 Å². The van der Waals surface area contributed by atoms with Crippen molar-refractivity contribution in [1.82, 2.24) is 0 Å². The van der Waals surface area contributed by atoms with E-state index in [0.717, 1.165) is 0 Å². The van der Waals surface area contributed by atoms with Crippen LogP contribution < -0.4 is 0 Å². The summed E-state index contributed by atoms with van der Waals surface area (Å²) in [4.78, 5) is 22.4. The molecule has 4 nitrogen and oxygen atoms in total. The number of carboxylic acid groups (broad SMARTS) is 1. The maximum atomic E-state index is 11.5. The number of ether oxygens (including phenoxy) is 1. The fourth-order valence-electron chi connectivity index (χ4n) is 1.46. The van der Waals surface area contributed by atoms with Crippen molar-refractivity contribution >= 4 is 11.9 Å². The number of esters is 1. The lowest BCUT2D eigenvalue weighted by atomic mass is 10.0. The van der Waals surface area contributed by atoms with Gasteiger partial charge in [-0.3, -0.25) is 9.59 Å². The first-order chi connectivity index (χ1) is 6.45. The van der Waals surface area contributed by atoms with Crippen LogP contribution in [0.5, 0.6) is 0 Å². The quantitative estimate of drug-likeness (QED) is 0.419. The number of carboxylic acids is 1. The molecule has 0 aliphatic heterocycles. The predicted octanol–water partition coefficient (Wildman–Crippen LogP) is 1.21. The minimum Gasteiger partial charge on any atom is -0.480 e. The average molecular weight is 198 g/mol. The molecule has 0 heterocycles. The lowest BCUT2D eigenvalue weighted by molar-refractivity contribution is -0.164. The van der Waals surface area contributed by atoms with Gasteiger partial charge < -0.3 is 9.84 Å². The standard InChI is InChI=1S/C10H14O4/c1-4-7-5-10(7,8(11)12)9(13)14-6(2)3/h4,6-7H,1,5H2,2-3H3,(H,11,12)/t7-,10+/m1/s1. The Balaban J connectivity index is 2.77. The zero-order chi connectivity index (χ0) is 10.9. The molecule has 0 amide bonds. The molecular formula is C10H14O4. The molecule has 0 unspecified atom stereocenters. The third-order valence-corrected chi connectivity index (χ3v) is 2.39. The smallest absolute Gasteiger partial charge is 0.324 e. The van der Waals surface area contributed by atoms with E-state index in [1.54, 1.807) is 13.8 Å². The molecule has 4 heteroatoms. The van der Waals surface area contributed by atoms with Crippen molar-refractivity contribution in [3.63, 3.8) is 0 Å². The topological polar surface area (TPSA) is 63.6 Å². The van der Waals surface area contributed by atoms with Crippen LogP contribution in [0.2, 0.25) is 0 Å². The highest BCUT2D eigenvalue weighted by molar-refractivity contribution is 6.03.